The molecule has 5 unspecified atom stereocenters. The van der Waals surface area contributed by atoms with E-state index in [0.29, 0.717) is 28.6 Å². The van der Waals surface area contributed by atoms with Crippen LogP contribution in [0.25, 0.3) is 32.9 Å². The summed E-state index contributed by atoms with van der Waals surface area (Å²) in [5.74, 6) is 2.94. The lowest BCUT2D eigenvalue weighted by Crippen LogP contribution is -2.55. The first kappa shape index (κ1) is 49.4. The summed E-state index contributed by atoms with van der Waals surface area (Å²) < 4.78 is 18.6. The zero-order valence-electron chi connectivity index (χ0n) is 42.0. The van der Waals surface area contributed by atoms with Crippen molar-refractivity contribution >= 4 is 87.9 Å². The van der Waals surface area contributed by atoms with E-state index in [1.807, 2.05) is 6.07 Å². The number of likely N-dealkylation sites (N-methyl/N-ethyl adjacent to an activating group) is 2. The molecule has 7 atom stereocenters. The molecule has 3 N–H and O–H groups in total. The van der Waals surface area contributed by atoms with Gasteiger partial charge in [0.05, 0.1) is 39.3 Å². The lowest BCUT2D eigenvalue weighted by atomic mass is 9.65. The normalized spacial score (nSPS) is 23.4. The van der Waals surface area contributed by atoms with Crippen LogP contribution in [-0.2, 0) is 6.42 Å². The molecule has 0 bridgehead atoms. The highest BCUT2D eigenvalue weighted by molar-refractivity contribution is 9.11. The van der Waals surface area contributed by atoms with E-state index in [4.69, 9.17) is 28.2 Å². The Bertz CT molecular complexity index is 3610. The maximum absolute atomic E-state index is 9.61. The quantitative estimate of drug-likeness (QED) is 0.110. The van der Waals surface area contributed by atoms with Gasteiger partial charge in [-0.05, 0) is 152 Å². The van der Waals surface area contributed by atoms with Crippen LogP contribution in [0.2, 0.25) is 0 Å². The average molecular weight is 1120 g/mol. The molecular formula is C56H55Br2N13O3. The molecule has 8 aromatic rings. The van der Waals surface area contributed by atoms with Gasteiger partial charge in [0.1, 0.15) is 35.7 Å². The molecule has 7 aromatic heterocycles. The number of likely N-dealkylation sites (tertiary alicyclic amines) is 1. The number of aromatic nitrogens is 4. The van der Waals surface area contributed by atoms with E-state index in [1.165, 1.54) is 16.7 Å². The van der Waals surface area contributed by atoms with Crippen molar-refractivity contribution in [1.29, 1.82) is 15.8 Å². The lowest BCUT2D eigenvalue weighted by molar-refractivity contribution is 0.0473. The van der Waals surface area contributed by atoms with Gasteiger partial charge in [0, 0.05) is 88.9 Å². The van der Waals surface area contributed by atoms with Gasteiger partial charge in [-0.1, -0.05) is 19.1 Å². The number of anilines is 4. The average Bonchev–Trinajstić information content (AvgIpc) is 4.15. The van der Waals surface area contributed by atoms with Crippen molar-refractivity contribution < 1.29 is 13.3 Å². The van der Waals surface area contributed by atoms with Crippen LogP contribution < -0.4 is 16.0 Å². The number of piperidine rings is 1. The van der Waals surface area contributed by atoms with Crippen LogP contribution in [-0.4, -0.2) is 100 Å². The summed E-state index contributed by atoms with van der Waals surface area (Å²) in [4.78, 5) is 27.0. The zero-order valence-corrected chi connectivity index (χ0v) is 45.2. The Morgan fingerprint density at radius 1 is 0.784 bits per heavy atom. The summed E-state index contributed by atoms with van der Waals surface area (Å²) in [7, 11) is 8.82. The number of pyridine rings is 4. The Balaban J connectivity index is 0.883. The second-order valence-corrected chi connectivity index (χ2v) is 22.5. The first-order valence-corrected chi connectivity index (χ1v) is 26.5. The van der Waals surface area contributed by atoms with Crippen molar-refractivity contribution in [1.82, 2.24) is 34.6 Å². The summed E-state index contributed by atoms with van der Waals surface area (Å²) in [6.45, 7) is 6.26. The highest BCUT2D eigenvalue weighted by atomic mass is 79.9. The maximum Gasteiger partial charge on any atom is 0.204 e. The van der Waals surface area contributed by atoms with Crippen LogP contribution in [0.4, 0.5) is 23.1 Å². The number of fused-ring (bicyclic) bond motifs is 4. The Morgan fingerprint density at radius 3 is 2.15 bits per heavy atom. The van der Waals surface area contributed by atoms with Gasteiger partial charge in [0.25, 0.3) is 0 Å². The predicted octanol–water partition coefficient (Wildman–Crippen LogP) is 11.5. The molecule has 18 heteroatoms. The molecule has 0 radical (unpaired) electrons. The van der Waals surface area contributed by atoms with E-state index in [-0.39, 0.29) is 52.8 Å². The maximum atomic E-state index is 9.61. The largest absolute Gasteiger partial charge is 0.444 e. The van der Waals surface area contributed by atoms with Crippen LogP contribution in [0.1, 0.15) is 96.3 Å². The van der Waals surface area contributed by atoms with Gasteiger partial charge in [-0.3, -0.25) is 9.88 Å². The number of rotatable bonds is 11. The molecule has 74 heavy (non-hydrogen) atoms. The van der Waals surface area contributed by atoms with Gasteiger partial charge < -0.3 is 39.0 Å². The molecule has 9 heterocycles. The molecule has 2 aliphatic heterocycles. The first-order valence-electron chi connectivity index (χ1n) is 24.9. The number of nitriles is 3. The van der Waals surface area contributed by atoms with Gasteiger partial charge in [-0.2, -0.15) is 15.8 Å². The SMILES string of the molecule is Cc1nc(C2c3ccc(Nc4ncc5oc(C#N)cc5c4Br)cc3CCN2C)ccc1C1CN(C)C(CC2(C)C[C@H](N(C)C)CC[C@@H]2Nc2ncc3oc(C#N)cc3c2Br)CC1Nc1cc2cc(C#N)oc2cn1. The van der Waals surface area contributed by atoms with E-state index in [2.05, 4.69) is 158 Å². The standard InChI is InChI=1S/C56H55Br2N13O3/c1-30-39(10-11-44(65-30)53-40-9-7-33(15-31(40)13-14-70(53)5)66-54-51(57)41-19-37(24-60)73-47(41)27-63-54)43-29-71(6)35(18-45(43)67-50-17-32-16-36(23-59)72-46(32)26-62-50)22-56(2)21-34(69(3)4)8-12-49(56)68-55-52(58)42-20-38(25-61)74-48(42)28-64-55/h7,9-11,15-17,19-20,26-28,34-35,43,45,49,53H,8,12-14,18,21-22,29H2,1-6H3,(H,62,67)(H,63,66)(H,64,68)/t34-,35?,43?,45?,49+,53?,56?/m1/s1. The zero-order chi connectivity index (χ0) is 51.6. The summed E-state index contributed by atoms with van der Waals surface area (Å²) in [6, 6.07) is 25.3. The molecule has 1 aliphatic carbocycles. The van der Waals surface area contributed by atoms with Gasteiger partial charge in [0.2, 0.25) is 17.3 Å². The van der Waals surface area contributed by atoms with Crippen LogP contribution in [0.15, 0.2) is 95.4 Å². The van der Waals surface area contributed by atoms with Crippen LogP contribution >= 0.6 is 31.9 Å². The van der Waals surface area contributed by atoms with E-state index in [1.54, 1.807) is 36.8 Å². The Hall–Kier alpha value is -6.85. The van der Waals surface area contributed by atoms with Gasteiger partial charge >= 0.3 is 0 Å². The lowest BCUT2D eigenvalue weighted by Gasteiger charge is -2.51. The minimum absolute atomic E-state index is 0.00661. The van der Waals surface area contributed by atoms with Crippen LogP contribution in [0.3, 0.4) is 0 Å². The van der Waals surface area contributed by atoms with E-state index in [0.717, 1.165) is 105 Å². The molecule has 0 amide bonds. The second kappa shape index (κ2) is 19.8. The van der Waals surface area contributed by atoms with Gasteiger partial charge in [0.15, 0.2) is 16.7 Å². The molecule has 11 rings (SSSR count). The van der Waals surface area contributed by atoms with Gasteiger partial charge in [-0.15, -0.1) is 0 Å². The third-order valence-corrected chi connectivity index (χ3v) is 17.6. The van der Waals surface area contributed by atoms with Crippen molar-refractivity contribution in [3.05, 3.63) is 127 Å². The summed E-state index contributed by atoms with van der Waals surface area (Å²) in [5, 5.41) is 42.3. The molecular weight excluding hydrogens is 1060 g/mol. The van der Waals surface area contributed by atoms with Crippen LogP contribution in [0.5, 0.6) is 0 Å². The van der Waals surface area contributed by atoms with Gasteiger partial charge in [-0.25, -0.2) is 15.0 Å². The Kier molecular flexibility index (Phi) is 13.2. The number of nitrogens with zero attached hydrogens (tertiary/aromatic N) is 10. The number of hydrogen-bond donors (Lipinski definition) is 3. The Morgan fingerprint density at radius 2 is 1.45 bits per heavy atom. The second-order valence-electron chi connectivity index (χ2n) is 20.9. The molecule has 2 fully saturated rings. The molecule has 16 nitrogen and oxygen atoms in total. The van der Waals surface area contributed by atoms with E-state index in [9.17, 15) is 15.8 Å². The summed E-state index contributed by atoms with van der Waals surface area (Å²) in [5.41, 5.74) is 8.16. The number of aryl methyl sites for hydroxylation is 1. The molecule has 376 valence electrons. The summed E-state index contributed by atoms with van der Waals surface area (Å²) in [6.07, 6.45) is 10.8. The van der Waals surface area contributed by atoms with Crippen molar-refractivity contribution in [3.63, 3.8) is 0 Å². The number of nitrogens with one attached hydrogen (secondary N) is 3. The number of hydrogen-bond acceptors (Lipinski definition) is 16. The first-order chi connectivity index (χ1) is 35.7. The van der Waals surface area contributed by atoms with E-state index < -0.39 is 0 Å². The molecule has 1 saturated heterocycles. The molecule has 0 spiro atoms. The minimum Gasteiger partial charge on any atom is -0.444 e. The highest BCUT2D eigenvalue weighted by Gasteiger charge is 2.46. The van der Waals surface area contributed by atoms with Crippen molar-refractivity contribution in [2.45, 2.75) is 88.5 Å². The molecule has 1 saturated carbocycles. The third kappa shape index (κ3) is 9.26. The number of halogens is 2. The van der Waals surface area contributed by atoms with Crippen molar-refractivity contribution in [2.24, 2.45) is 5.41 Å². The Labute approximate surface area is 446 Å². The van der Waals surface area contributed by atoms with Crippen molar-refractivity contribution in [3.8, 4) is 18.2 Å². The molecule has 3 aliphatic rings. The van der Waals surface area contributed by atoms with Crippen LogP contribution in [0, 0.1) is 46.3 Å². The topological polar surface area (TPSA) is 208 Å². The summed E-state index contributed by atoms with van der Waals surface area (Å²) >= 11 is 7.50. The number of furan rings is 3. The molecule has 1 aromatic carbocycles. The fraction of sp³-hybridized carbons (Fsp3) is 0.375. The van der Waals surface area contributed by atoms with E-state index >= 15 is 0 Å². The smallest absolute Gasteiger partial charge is 0.204 e. The monoisotopic (exact) mass is 1120 g/mol. The predicted molar refractivity (Wildman–Crippen MR) is 291 cm³/mol. The van der Waals surface area contributed by atoms with Crippen molar-refractivity contribution in [2.75, 3.05) is 57.2 Å². The fourth-order valence-corrected chi connectivity index (χ4v) is 13.1. The minimum atomic E-state index is -0.126. The third-order valence-electron chi connectivity index (χ3n) is 16.0. The number of benzene rings is 1. The highest BCUT2D eigenvalue weighted by Crippen LogP contribution is 2.47. The fourth-order valence-electron chi connectivity index (χ4n) is 12.1.